The molecule has 0 amide bonds. The number of aliphatic imine (C=N–C) groups is 1. The van der Waals surface area contributed by atoms with Gasteiger partial charge in [-0.2, -0.15) is 0 Å². The van der Waals surface area contributed by atoms with Crippen molar-refractivity contribution < 1.29 is 19.4 Å². The first-order valence-corrected chi connectivity index (χ1v) is 6.77. The number of para-hydroxylation sites is 1. The topological polar surface area (TPSA) is 68.1 Å². The number of methoxy groups -OCH3 is 1. The van der Waals surface area contributed by atoms with Crippen molar-refractivity contribution in [3.63, 3.8) is 0 Å². The standard InChI is InChI=1S/C17H17NO4/c1-12(17(19)20)22-15-9-8-13(10-16(15)21-2)11-18-14-6-4-3-5-7-14/h3-12H,1-2H3,(H,19,20)/t12-/m0/s1. The Morgan fingerprint density at radius 2 is 1.91 bits per heavy atom. The van der Waals surface area contributed by atoms with Crippen LogP contribution in [0, 0.1) is 0 Å². The summed E-state index contributed by atoms with van der Waals surface area (Å²) in [6.07, 6.45) is 0.764. The molecule has 0 aliphatic rings. The highest BCUT2D eigenvalue weighted by Crippen LogP contribution is 2.28. The molecule has 0 unspecified atom stereocenters. The van der Waals surface area contributed by atoms with Crippen molar-refractivity contribution in [3.05, 3.63) is 54.1 Å². The number of nitrogens with zero attached hydrogens (tertiary/aromatic N) is 1. The van der Waals surface area contributed by atoms with Crippen LogP contribution in [0.4, 0.5) is 5.69 Å². The maximum atomic E-state index is 10.8. The average molecular weight is 299 g/mol. The zero-order valence-corrected chi connectivity index (χ0v) is 12.4. The third-order valence-corrected chi connectivity index (χ3v) is 2.96. The minimum atomic E-state index is -1.03. The van der Waals surface area contributed by atoms with Crippen LogP contribution in [0.15, 0.2) is 53.5 Å². The Hall–Kier alpha value is -2.82. The summed E-state index contributed by atoms with van der Waals surface area (Å²) in [7, 11) is 1.51. The van der Waals surface area contributed by atoms with E-state index in [1.165, 1.54) is 14.0 Å². The number of benzene rings is 2. The molecule has 0 aliphatic carbocycles. The Morgan fingerprint density at radius 3 is 2.55 bits per heavy atom. The normalized spacial score (nSPS) is 12.1. The number of rotatable bonds is 6. The van der Waals surface area contributed by atoms with E-state index >= 15 is 0 Å². The molecule has 5 nitrogen and oxygen atoms in total. The molecular formula is C17H17NO4. The SMILES string of the molecule is COc1cc(C=Nc2ccccc2)ccc1O[C@@H](C)C(=O)O. The molecule has 0 heterocycles. The highest BCUT2D eigenvalue weighted by molar-refractivity contribution is 5.83. The third kappa shape index (κ3) is 4.09. The fraction of sp³-hybridized carbons (Fsp3) is 0.176. The fourth-order valence-corrected chi connectivity index (χ4v) is 1.77. The molecule has 0 aliphatic heterocycles. The minimum absolute atomic E-state index is 0.384. The van der Waals surface area contributed by atoms with Gasteiger partial charge in [-0.3, -0.25) is 4.99 Å². The second-order valence-electron chi connectivity index (χ2n) is 4.60. The molecule has 5 heteroatoms. The van der Waals surface area contributed by atoms with Crippen LogP contribution >= 0.6 is 0 Å². The molecule has 22 heavy (non-hydrogen) atoms. The molecule has 1 atom stereocenters. The average Bonchev–Trinajstić information content (AvgIpc) is 2.54. The van der Waals surface area contributed by atoms with Crippen molar-refractivity contribution in [1.82, 2.24) is 0 Å². The smallest absolute Gasteiger partial charge is 0.344 e. The van der Waals surface area contributed by atoms with Gasteiger partial charge in [-0.1, -0.05) is 18.2 Å². The van der Waals surface area contributed by atoms with Crippen molar-refractivity contribution in [1.29, 1.82) is 0 Å². The van der Waals surface area contributed by atoms with E-state index in [2.05, 4.69) is 4.99 Å². The van der Waals surface area contributed by atoms with Gasteiger partial charge in [-0.15, -0.1) is 0 Å². The summed E-state index contributed by atoms with van der Waals surface area (Å²) in [5.41, 5.74) is 1.68. The van der Waals surface area contributed by atoms with Crippen LogP contribution in [0.2, 0.25) is 0 Å². The number of carboxylic acids is 1. The van der Waals surface area contributed by atoms with Crippen LogP contribution < -0.4 is 9.47 Å². The first-order valence-electron chi connectivity index (χ1n) is 6.77. The predicted molar refractivity (Wildman–Crippen MR) is 84.4 cm³/mol. The van der Waals surface area contributed by atoms with Crippen molar-refractivity contribution in [2.45, 2.75) is 13.0 Å². The van der Waals surface area contributed by atoms with Gasteiger partial charge in [0, 0.05) is 6.21 Å². The molecule has 2 aromatic carbocycles. The summed E-state index contributed by atoms with van der Waals surface area (Å²) in [5, 5.41) is 8.88. The van der Waals surface area contributed by atoms with Crippen molar-refractivity contribution in [2.24, 2.45) is 4.99 Å². The lowest BCUT2D eigenvalue weighted by Gasteiger charge is -2.14. The maximum Gasteiger partial charge on any atom is 0.344 e. The Labute approximate surface area is 128 Å². The summed E-state index contributed by atoms with van der Waals surface area (Å²) >= 11 is 0. The van der Waals surface area contributed by atoms with Crippen LogP contribution in [0.1, 0.15) is 12.5 Å². The van der Waals surface area contributed by atoms with E-state index in [9.17, 15) is 4.79 Å². The summed E-state index contributed by atoms with van der Waals surface area (Å²) in [6, 6.07) is 14.8. The van der Waals surface area contributed by atoms with E-state index in [1.807, 2.05) is 30.3 Å². The lowest BCUT2D eigenvalue weighted by molar-refractivity contribution is -0.144. The predicted octanol–water partition coefficient (Wildman–Crippen LogP) is 3.30. The summed E-state index contributed by atoms with van der Waals surface area (Å²) in [4.78, 5) is 15.2. The van der Waals surface area contributed by atoms with Gasteiger partial charge >= 0.3 is 5.97 Å². The molecule has 0 spiro atoms. The summed E-state index contributed by atoms with van der Waals surface area (Å²) in [5.74, 6) is -0.184. The number of hydrogen-bond donors (Lipinski definition) is 1. The Morgan fingerprint density at radius 1 is 1.18 bits per heavy atom. The molecule has 0 aromatic heterocycles. The Kier molecular flexibility index (Phi) is 5.14. The molecule has 0 saturated heterocycles. The third-order valence-electron chi connectivity index (χ3n) is 2.96. The molecule has 1 N–H and O–H groups in total. The first kappa shape index (κ1) is 15.6. The zero-order valence-electron chi connectivity index (χ0n) is 12.4. The summed E-state index contributed by atoms with van der Waals surface area (Å²) < 4.78 is 10.6. The number of aliphatic carboxylic acids is 1. The van der Waals surface area contributed by atoms with Gasteiger partial charge in [0.2, 0.25) is 0 Å². The van der Waals surface area contributed by atoms with Gasteiger partial charge in [0.05, 0.1) is 12.8 Å². The van der Waals surface area contributed by atoms with E-state index in [0.717, 1.165) is 11.3 Å². The fourth-order valence-electron chi connectivity index (χ4n) is 1.77. The number of carboxylic acid groups (broad SMARTS) is 1. The molecular weight excluding hydrogens is 282 g/mol. The van der Waals surface area contributed by atoms with Crippen LogP contribution in [0.25, 0.3) is 0 Å². The van der Waals surface area contributed by atoms with Crippen LogP contribution in [0.5, 0.6) is 11.5 Å². The molecule has 0 radical (unpaired) electrons. The second kappa shape index (κ2) is 7.26. The van der Waals surface area contributed by atoms with Crippen molar-refractivity contribution >= 4 is 17.9 Å². The number of carbonyl (C=O) groups is 1. The molecule has 0 bridgehead atoms. The van der Waals surface area contributed by atoms with E-state index < -0.39 is 12.1 Å². The highest BCUT2D eigenvalue weighted by Gasteiger charge is 2.15. The van der Waals surface area contributed by atoms with Gasteiger partial charge < -0.3 is 14.6 Å². The Bertz CT molecular complexity index is 668. The van der Waals surface area contributed by atoms with Gasteiger partial charge in [-0.25, -0.2) is 4.79 Å². The maximum absolute atomic E-state index is 10.8. The minimum Gasteiger partial charge on any atom is -0.493 e. The molecule has 2 rings (SSSR count). The van der Waals surface area contributed by atoms with E-state index in [0.29, 0.717) is 11.5 Å². The van der Waals surface area contributed by atoms with Gasteiger partial charge in [0.25, 0.3) is 0 Å². The van der Waals surface area contributed by atoms with Crippen LogP contribution in [-0.2, 0) is 4.79 Å². The van der Waals surface area contributed by atoms with Crippen LogP contribution in [-0.4, -0.2) is 30.5 Å². The van der Waals surface area contributed by atoms with Gasteiger partial charge in [0.15, 0.2) is 17.6 Å². The quantitative estimate of drug-likeness (QED) is 0.831. The highest BCUT2D eigenvalue weighted by atomic mass is 16.5. The lowest BCUT2D eigenvalue weighted by Crippen LogP contribution is -2.23. The van der Waals surface area contributed by atoms with Crippen molar-refractivity contribution in [2.75, 3.05) is 7.11 Å². The lowest BCUT2D eigenvalue weighted by atomic mass is 10.2. The zero-order chi connectivity index (χ0) is 15.9. The van der Waals surface area contributed by atoms with E-state index in [-0.39, 0.29) is 0 Å². The molecule has 2 aromatic rings. The molecule has 0 saturated carbocycles. The Balaban J connectivity index is 2.18. The molecule has 0 fully saturated rings. The number of hydrogen-bond acceptors (Lipinski definition) is 4. The number of ether oxygens (including phenoxy) is 2. The van der Waals surface area contributed by atoms with Gasteiger partial charge in [0.1, 0.15) is 0 Å². The van der Waals surface area contributed by atoms with Crippen molar-refractivity contribution in [3.8, 4) is 11.5 Å². The van der Waals surface area contributed by atoms with E-state index in [4.69, 9.17) is 14.6 Å². The monoisotopic (exact) mass is 299 g/mol. The van der Waals surface area contributed by atoms with E-state index in [1.54, 1.807) is 24.4 Å². The largest absolute Gasteiger partial charge is 0.493 e. The first-order chi connectivity index (χ1) is 10.6. The van der Waals surface area contributed by atoms with Crippen LogP contribution in [0.3, 0.4) is 0 Å². The second-order valence-corrected chi connectivity index (χ2v) is 4.60. The summed E-state index contributed by atoms with van der Waals surface area (Å²) in [6.45, 7) is 1.46. The molecule has 114 valence electrons. The van der Waals surface area contributed by atoms with Gasteiger partial charge in [-0.05, 0) is 42.8 Å².